The number of nitrogens with one attached hydrogen (secondary N) is 1. The van der Waals surface area contributed by atoms with Crippen molar-refractivity contribution >= 4 is 16.9 Å². The summed E-state index contributed by atoms with van der Waals surface area (Å²) in [6.07, 6.45) is 0.946. The Labute approximate surface area is 189 Å². The average molecular weight is 427 g/mol. The number of carbonyl (C=O) groups excluding carboxylic acids is 1. The van der Waals surface area contributed by atoms with Crippen LogP contribution in [0.1, 0.15) is 35.3 Å². The van der Waals surface area contributed by atoms with Gasteiger partial charge in [0.05, 0.1) is 11.3 Å². The van der Waals surface area contributed by atoms with Crippen molar-refractivity contribution in [3.8, 4) is 11.3 Å². The summed E-state index contributed by atoms with van der Waals surface area (Å²) in [5.41, 5.74) is 5.52. The molecule has 0 saturated heterocycles. The van der Waals surface area contributed by atoms with Crippen LogP contribution in [0.4, 0.5) is 0 Å². The van der Waals surface area contributed by atoms with Gasteiger partial charge in [0.15, 0.2) is 0 Å². The van der Waals surface area contributed by atoms with E-state index in [9.17, 15) is 4.79 Å². The first-order valence-corrected chi connectivity index (χ1v) is 11.3. The van der Waals surface area contributed by atoms with Crippen LogP contribution in [0.5, 0.6) is 0 Å². The van der Waals surface area contributed by atoms with Gasteiger partial charge in [0, 0.05) is 17.4 Å². The lowest BCUT2D eigenvalue weighted by molar-refractivity contribution is 0.0476. The van der Waals surface area contributed by atoms with Gasteiger partial charge in [-0.1, -0.05) is 80.6 Å². The number of carbonyl (C=O) groups is 1. The minimum absolute atomic E-state index is 0.252. The Morgan fingerprint density at radius 2 is 1.56 bits per heavy atom. The SMILES string of the molecule is CCN(CC)CCc1ccc2[nH]c(-c3ccccc3)c(C(=O)OCc3ccccc3)c2c1. The van der Waals surface area contributed by atoms with Crippen molar-refractivity contribution in [3.05, 3.63) is 95.6 Å². The molecule has 0 fully saturated rings. The van der Waals surface area contributed by atoms with E-state index in [0.717, 1.165) is 53.8 Å². The minimum Gasteiger partial charge on any atom is -0.457 e. The molecule has 1 N–H and O–H groups in total. The van der Waals surface area contributed by atoms with Crippen LogP contribution in [0.25, 0.3) is 22.2 Å². The summed E-state index contributed by atoms with van der Waals surface area (Å²) in [7, 11) is 0. The highest BCUT2D eigenvalue weighted by atomic mass is 16.5. The number of benzene rings is 3. The van der Waals surface area contributed by atoms with Crippen molar-refractivity contribution in [1.29, 1.82) is 0 Å². The molecule has 0 aliphatic rings. The molecule has 1 aromatic heterocycles. The zero-order valence-corrected chi connectivity index (χ0v) is 18.8. The highest BCUT2D eigenvalue weighted by molar-refractivity contribution is 6.10. The van der Waals surface area contributed by atoms with Crippen LogP contribution in [0.15, 0.2) is 78.9 Å². The second kappa shape index (κ2) is 10.3. The van der Waals surface area contributed by atoms with E-state index in [0.29, 0.717) is 5.56 Å². The van der Waals surface area contributed by atoms with Gasteiger partial charge in [0.2, 0.25) is 0 Å². The molecule has 3 aromatic carbocycles. The second-order valence-electron chi connectivity index (χ2n) is 7.96. The maximum atomic E-state index is 13.3. The third kappa shape index (κ3) is 4.92. The zero-order chi connectivity index (χ0) is 22.3. The quantitative estimate of drug-likeness (QED) is 0.330. The molecule has 0 atom stereocenters. The summed E-state index contributed by atoms with van der Waals surface area (Å²) in [6, 6.07) is 26.1. The number of rotatable bonds is 9. The van der Waals surface area contributed by atoms with E-state index < -0.39 is 0 Å². The molecule has 4 rings (SSSR count). The largest absolute Gasteiger partial charge is 0.457 e. The second-order valence-corrected chi connectivity index (χ2v) is 7.96. The first kappa shape index (κ1) is 21.8. The Hall–Kier alpha value is -3.37. The van der Waals surface area contributed by atoms with Gasteiger partial charge in [-0.15, -0.1) is 0 Å². The Morgan fingerprint density at radius 3 is 2.25 bits per heavy atom. The van der Waals surface area contributed by atoms with Gasteiger partial charge in [-0.2, -0.15) is 0 Å². The highest BCUT2D eigenvalue weighted by Crippen LogP contribution is 2.32. The molecule has 0 unspecified atom stereocenters. The van der Waals surface area contributed by atoms with Crippen LogP contribution >= 0.6 is 0 Å². The van der Waals surface area contributed by atoms with Crippen LogP contribution in [-0.2, 0) is 17.8 Å². The Balaban J connectivity index is 1.69. The Morgan fingerprint density at radius 1 is 0.875 bits per heavy atom. The van der Waals surface area contributed by atoms with Gasteiger partial charge in [-0.05, 0) is 48.3 Å². The van der Waals surface area contributed by atoms with Gasteiger partial charge in [0.1, 0.15) is 6.61 Å². The van der Waals surface area contributed by atoms with E-state index in [2.05, 4.69) is 41.9 Å². The number of nitrogens with zero attached hydrogens (tertiary/aromatic N) is 1. The number of fused-ring (bicyclic) bond motifs is 1. The van der Waals surface area contributed by atoms with Gasteiger partial charge < -0.3 is 14.6 Å². The molecule has 1 heterocycles. The lowest BCUT2D eigenvalue weighted by Gasteiger charge is -2.17. The third-order valence-corrected chi connectivity index (χ3v) is 5.95. The molecule has 0 amide bonds. The van der Waals surface area contributed by atoms with Gasteiger partial charge >= 0.3 is 5.97 Å². The van der Waals surface area contributed by atoms with Gasteiger partial charge in [-0.25, -0.2) is 4.79 Å². The highest BCUT2D eigenvalue weighted by Gasteiger charge is 2.21. The van der Waals surface area contributed by atoms with Crippen LogP contribution in [0.3, 0.4) is 0 Å². The standard InChI is InChI=1S/C28H30N2O2/c1-3-30(4-2)18-17-21-15-16-25-24(19-21)26(27(29-25)23-13-9-6-10-14-23)28(31)32-20-22-11-7-5-8-12-22/h5-16,19,29H,3-4,17-18,20H2,1-2H3. The number of hydrogen-bond donors (Lipinski definition) is 1. The van der Waals surface area contributed by atoms with Crippen molar-refractivity contribution in [2.45, 2.75) is 26.9 Å². The fourth-order valence-corrected chi connectivity index (χ4v) is 4.05. The van der Waals surface area contributed by atoms with Crippen molar-refractivity contribution < 1.29 is 9.53 Å². The molecule has 0 aliphatic heterocycles. The summed E-state index contributed by atoms with van der Waals surface area (Å²) >= 11 is 0. The van der Waals surface area contributed by atoms with Crippen LogP contribution < -0.4 is 0 Å². The predicted octanol–water partition coefficient (Wildman–Crippen LogP) is 6.08. The minimum atomic E-state index is -0.306. The van der Waals surface area contributed by atoms with Crippen molar-refractivity contribution in [3.63, 3.8) is 0 Å². The fourth-order valence-electron chi connectivity index (χ4n) is 4.05. The van der Waals surface area contributed by atoms with Gasteiger partial charge in [0.25, 0.3) is 0 Å². The van der Waals surface area contributed by atoms with Crippen molar-refractivity contribution in [2.75, 3.05) is 19.6 Å². The lowest BCUT2D eigenvalue weighted by Crippen LogP contribution is -2.25. The molecule has 4 heteroatoms. The number of H-pyrrole nitrogens is 1. The molecule has 0 bridgehead atoms. The molecule has 0 aliphatic carbocycles. The summed E-state index contributed by atoms with van der Waals surface area (Å²) in [5, 5.41) is 0.916. The Bertz CT molecular complexity index is 1160. The molecule has 164 valence electrons. The van der Waals surface area contributed by atoms with E-state index in [1.165, 1.54) is 5.56 Å². The van der Waals surface area contributed by atoms with E-state index in [1.807, 2.05) is 60.7 Å². The number of ether oxygens (including phenoxy) is 1. The van der Waals surface area contributed by atoms with Crippen molar-refractivity contribution in [1.82, 2.24) is 9.88 Å². The van der Waals surface area contributed by atoms with Crippen LogP contribution in [0, 0.1) is 0 Å². The fraction of sp³-hybridized carbons (Fsp3) is 0.250. The van der Waals surface area contributed by atoms with E-state index in [4.69, 9.17) is 4.74 Å². The monoisotopic (exact) mass is 426 g/mol. The smallest absolute Gasteiger partial charge is 0.341 e. The number of hydrogen-bond acceptors (Lipinski definition) is 3. The van der Waals surface area contributed by atoms with Crippen molar-refractivity contribution in [2.24, 2.45) is 0 Å². The molecular formula is C28H30N2O2. The maximum absolute atomic E-state index is 13.3. The molecule has 4 aromatic rings. The normalized spacial score (nSPS) is 11.2. The average Bonchev–Trinajstić information content (AvgIpc) is 3.23. The molecule has 32 heavy (non-hydrogen) atoms. The first-order valence-electron chi connectivity index (χ1n) is 11.3. The molecule has 0 radical (unpaired) electrons. The third-order valence-electron chi connectivity index (χ3n) is 5.95. The molecule has 4 nitrogen and oxygen atoms in total. The predicted molar refractivity (Wildman–Crippen MR) is 131 cm³/mol. The number of esters is 1. The van der Waals surface area contributed by atoms with Crippen LogP contribution in [-0.4, -0.2) is 35.5 Å². The number of aromatic nitrogens is 1. The number of aromatic amines is 1. The summed E-state index contributed by atoms with van der Waals surface area (Å²) in [5.74, 6) is -0.306. The van der Waals surface area contributed by atoms with E-state index in [1.54, 1.807) is 0 Å². The maximum Gasteiger partial charge on any atom is 0.341 e. The lowest BCUT2D eigenvalue weighted by atomic mass is 10.0. The molecule has 0 saturated carbocycles. The molecular weight excluding hydrogens is 396 g/mol. The molecule has 0 spiro atoms. The summed E-state index contributed by atoms with van der Waals surface area (Å²) < 4.78 is 5.75. The van der Waals surface area contributed by atoms with Crippen LogP contribution in [0.2, 0.25) is 0 Å². The summed E-state index contributed by atoms with van der Waals surface area (Å²) in [6.45, 7) is 7.71. The van der Waals surface area contributed by atoms with Gasteiger partial charge in [-0.3, -0.25) is 0 Å². The Kier molecular flexibility index (Phi) is 7.03. The number of likely N-dealkylation sites (N-methyl/N-ethyl adjacent to an activating group) is 1. The van der Waals surface area contributed by atoms with E-state index in [-0.39, 0.29) is 12.6 Å². The first-order chi connectivity index (χ1) is 15.7. The topological polar surface area (TPSA) is 45.3 Å². The summed E-state index contributed by atoms with van der Waals surface area (Å²) in [4.78, 5) is 19.2. The van der Waals surface area contributed by atoms with E-state index >= 15 is 0 Å². The zero-order valence-electron chi connectivity index (χ0n) is 18.8.